The third-order valence-corrected chi connectivity index (χ3v) is 4.34. The summed E-state index contributed by atoms with van der Waals surface area (Å²) < 4.78 is 11.0. The Morgan fingerprint density at radius 3 is 2.15 bits per heavy atom. The lowest BCUT2D eigenvalue weighted by atomic mass is 10.1. The summed E-state index contributed by atoms with van der Waals surface area (Å²) in [6.45, 7) is 2.21. The Morgan fingerprint density at radius 1 is 1.10 bits per heavy atom. The highest BCUT2D eigenvalue weighted by molar-refractivity contribution is 6.36. The normalized spacial score (nSPS) is 12.7. The third-order valence-electron chi connectivity index (χ3n) is 3.30. The number of hydrogen-bond donors (Lipinski definition) is 2. The molecule has 0 heterocycles. The van der Waals surface area contributed by atoms with Gasteiger partial charge in [0.25, 0.3) is 0 Å². The van der Waals surface area contributed by atoms with Crippen LogP contribution in [0.2, 0.25) is 5.54 Å². The summed E-state index contributed by atoms with van der Waals surface area (Å²) in [6.07, 6.45) is 14.1. The van der Waals surface area contributed by atoms with Crippen molar-refractivity contribution >= 4 is 14.9 Å². The second kappa shape index (κ2) is 13.0. The Balaban J connectivity index is 3.58. The number of rotatable bonds is 13. The molecule has 0 radical (unpaired) electrons. The Hall–Kier alpha value is -0.973. The molecule has 0 aliphatic rings. The molecule has 0 fully saturated rings. The topological polar surface area (TPSA) is 74.6 Å². The van der Waals surface area contributed by atoms with Gasteiger partial charge < -0.3 is 14.4 Å². The number of unbranched alkanes of at least 4 members (excludes halogenated alkanes) is 8. The van der Waals surface area contributed by atoms with E-state index in [1.165, 1.54) is 44.9 Å². The molecular weight excluding hydrogens is 272 g/mol. The van der Waals surface area contributed by atoms with E-state index in [0.717, 1.165) is 12.8 Å². The number of aliphatic carboxylic acids is 1. The third kappa shape index (κ3) is 12.1. The maximum absolute atomic E-state index is 11.0. The van der Waals surface area contributed by atoms with E-state index in [9.17, 15) is 9.26 Å². The van der Waals surface area contributed by atoms with E-state index in [1.807, 2.05) is 6.08 Å². The van der Waals surface area contributed by atoms with Crippen LogP contribution < -0.4 is 0 Å². The molecule has 0 saturated heterocycles. The fourth-order valence-corrected chi connectivity index (χ4v) is 2.73. The zero-order valence-corrected chi connectivity index (χ0v) is 13.5. The first kappa shape index (κ1) is 19.0. The second-order valence-corrected chi connectivity index (χ2v) is 6.65. The number of carboxylic acids is 1. The van der Waals surface area contributed by atoms with Crippen LogP contribution in [0.3, 0.4) is 0 Å². The molecule has 0 bridgehead atoms. The van der Waals surface area contributed by atoms with Gasteiger partial charge in [-0.3, -0.25) is 4.79 Å². The fourth-order valence-electron chi connectivity index (χ4n) is 2.08. The van der Waals surface area contributed by atoms with Crippen molar-refractivity contribution in [1.82, 2.24) is 0 Å². The zero-order chi connectivity index (χ0) is 15.2. The van der Waals surface area contributed by atoms with E-state index in [2.05, 4.69) is 6.92 Å². The highest BCUT2D eigenvalue weighted by atomic mass is 28.3. The molecule has 1 atom stereocenters. The van der Waals surface area contributed by atoms with Gasteiger partial charge in [-0.05, 0) is 12.8 Å². The summed E-state index contributed by atoms with van der Waals surface area (Å²) in [4.78, 5) is 19.6. The average Bonchev–Trinajstić information content (AvgIpc) is 2.39. The first-order chi connectivity index (χ1) is 9.57. The van der Waals surface area contributed by atoms with Gasteiger partial charge >= 0.3 is 14.9 Å². The monoisotopic (exact) mass is 300 g/mol. The molecule has 0 spiro atoms. The molecule has 0 amide bonds. The minimum atomic E-state index is -2.80. The standard InChI is InChI=1S/C15H28O4Si/c1-2-3-4-5-6-7-8-9-10-11-12-14(20(18)19)13-15(16)17/h11-12,14,18H,2-10,13H2,1H3,(H,16,17)/b12-11+. The summed E-state index contributed by atoms with van der Waals surface area (Å²) in [5.41, 5.74) is -0.716. The molecular formula is C15H28O4Si. The van der Waals surface area contributed by atoms with Crippen LogP contribution in [-0.4, -0.2) is 24.8 Å². The summed E-state index contributed by atoms with van der Waals surface area (Å²) in [7, 11) is -2.80. The van der Waals surface area contributed by atoms with Gasteiger partial charge in [-0.2, -0.15) is 0 Å². The first-order valence-electron chi connectivity index (χ1n) is 7.69. The summed E-state index contributed by atoms with van der Waals surface area (Å²) in [5, 5.41) is 8.63. The van der Waals surface area contributed by atoms with Crippen LogP contribution in [0, 0.1) is 0 Å². The van der Waals surface area contributed by atoms with E-state index in [4.69, 9.17) is 9.90 Å². The van der Waals surface area contributed by atoms with Crippen molar-refractivity contribution in [2.75, 3.05) is 0 Å². The lowest BCUT2D eigenvalue weighted by Crippen LogP contribution is -2.12. The first-order valence-corrected chi connectivity index (χ1v) is 9.12. The molecule has 0 aliphatic heterocycles. The Morgan fingerprint density at radius 2 is 1.65 bits per heavy atom. The van der Waals surface area contributed by atoms with E-state index in [-0.39, 0.29) is 6.42 Å². The van der Waals surface area contributed by atoms with Crippen molar-refractivity contribution in [3.05, 3.63) is 12.2 Å². The molecule has 116 valence electrons. The highest BCUT2D eigenvalue weighted by Crippen LogP contribution is 2.14. The van der Waals surface area contributed by atoms with Gasteiger partial charge in [-0.1, -0.05) is 64.0 Å². The maximum Gasteiger partial charge on any atom is 0.507 e. The zero-order valence-electron chi connectivity index (χ0n) is 12.5. The van der Waals surface area contributed by atoms with E-state index in [0.29, 0.717) is 0 Å². The quantitative estimate of drug-likeness (QED) is 0.308. The summed E-state index contributed by atoms with van der Waals surface area (Å²) >= 11 is 0. The number of hydrogen-bond acceptors (Lipinski definition) is 2. The number of carboxylic acid groups (broad SMARTS) is 1. The fraction of sp³-hybridized carbons (Fsp3) is 0.800. The minimum Gasteiger partial charge on any atom is -0.539 e. The second-order valence-electron chi connectivity index (χ2n) is 5.23. The number of allylic oxidation sites excluding steroid dienone is 2. The average molecular weight is 300 g/mol. The van der Waals surface area contributed by atoms with Gasteiger partial charge in [0.05, 0.1) is 12.0 Å². The van der Waals surface area contributed by atoms with E-state index >= 15 is 0 Å². The predicted octanol–water partition coefficient (Wildman–Crippen LogP) is 3.83. The lowest BCUT2D eigenvalue weighted by molar-refractivity contribution is -0.136. The molecule has 0 rings (SSSR count). The molecule has 0 aromatic carbocycles. The Bertz CT molecular complexity index is 302. The van der Waals surface area contributed by atoms with Crippen molar-refractivity contribution < 1.29 is 19.2 Å². The van der Waals surface area contributed by atoms with Crippen LogP contribution in [-0.2, 0) is 9.26 Å². The largest absolute Gasteiger partial charge is 0.539 e. The predicted molar refractivity (Wildman–Crippen MR) is 81.0 cm³/mol. The SMILES string of the molecule is CCCCCCCCCC/C=C/C(CC(=O)O)[Si](=O)O. The Labute approximate surface area is 123 Å². The molecule has 1 unspecified atom stereocenters. The van der Waals surface area contributed by atoms with Gasteiger partial charge in [0, 0.05) is 0 Å². The van der Waals surface area contributed by atoms with Crippen LogP contribution in [0.4, 0.5) is 0 Å². The van der Waals surface area contributed by atoms with Crippen LogP contribution in [0.5, 0.6) is 0 Å². The van der Waals surface area contributed by atoms with Crippen LogP contribution in [0.1, 0.15) is 71.1 Å². The molecule has 0 aromatic heterocycles. The van der Waals surface area contributed by atoms with Gasteiger partial charge in [-0.25, -0.2) is 0 Å². The minimum absolute atomic E-state index is 0.262. The molecule has 2 N–H and O–H groups in total. The van der Waals surface area contributed by atoms with Crippen molar-refractivity contribution in [3.8, 4) is 0 Å². The molecule has 20 heavy (non-hydrogen) atoms. The summed E-state index contributed by atoms with van der Waals surface area (Å²) in [5.74, 6) is -1.03. The van der Waals surface area contributed by atoms with Crippen molar-refractivity contribution in [2.24, 2.45) is 0 Å². The summed E-state index contributed by atoms with van der Waals surface area (Å²) in [6, 6.07) is 0. The Kier molecular flexibility index (Phi) is 12.4. The molecule has 5 heteroatoms. The molecule has 4 nitrogen and oxygen atoms in total. The van der Waals surface area contributed by atoms with E-state index < -0.39 is 20.4 Å². The van der Waals surface area contributed by atoms with Crippen molar-refractivity contribution in [2.45, 2.75) is 76.7 Å². The van der Waals surface area contributed by atoms with Gasteiger partial charge in [-0.15, -0.1) is 0 Å². The van der Waals surface area contributed by atoms with Crippen molar-refractivity contribution in [1.29, 1.82) is 0 Å². The maximum atomic E-state index is 11.0. The lowest BCUT2D eigenvalue weighted by Gasteiger charge is -2.02. The van der Waals surface area contributed by atoms with Gasteiger partial charge in [0.1, 0.15) is 0 Å². The van der Waals surface area contributed by atoms with Crippen LogP contribution >= 0.6 is 0 Å². The van der Waals surface area contributed by atoms with Gasteiger partial charge in [0.2, 0.25) is 0 Å². The molecule has 0 aliphatic carbocycles. The van der Waals surface area contributed by atoms with Crippen LogP contribution in [0.25, 0.3) is 0 Å². The van der Waals surface area contributed by atoms with Crippen LogP contribution in [0.15, 0.2) is 12.2 Å². The number of carbonyl (C=O) groups is 1. The van der Waals surface area contributed by atoms with Crippen molar-refractivity contribution in [3.63, 3.8) is 0 Å². The van der Waals surface area contributed by atoms with E-state index in [1.54, 1.807) is 6.08 Å². The molecule has 0 aromatic rings. The molecule has 0 saturated carbocycles. The smallest absolute Gasteiger partial charge is 0.507 e. The highest BCUT2D eigenvalue weighted by Gasteiger charge is 2.20. The van der Waals surface area contributed by atoms with Gasteiger partial charge in [0.15, 0.2) is 0 Å².